The largest absolute Gasteiger partial charge is 0.382 e. The molecule has 0 saturated heterocycles. The van der Waals surface area contributed by atoms with Crippen molar-refractivity contribution in [2.24, 2.45) is 16.7 Å². The number of fused-ring (bicyclic) bond motifs is 2. The van der Waals surface area contributed by atoms with Crippen LogP contribution in [0, 0.1) is 16.7 Å². The van der Waals surface area contributed by atoms with Crippen molar-refractivity contribution < 1.29 is 17.4 Å². The van der Waals surface area contributed by atoms with Crippen LogP contribution in [0.1, 0.15) is 96.6 Å². The second kappa shape index (κ2) is 8.19. The number of hydrogen-bond acceptors (Lipinski definition) is 4. The quantitative estimate of drug-likeness (QED) is 0.413. The summed E-state index contributed by atoms with van der Waals surface area (Å²) in [6.45, 7) is 16.9. The number of ketones is 1. The summed E-state index contributed by atoms with van der Waals surface area (Å²) < 4.78 is 34.0. The minimum Gasteiger partial charge on any atom is -0.382 e. The Hall–Kier alpha value is -2.14. The van der Waals surface area contributed by atoms with Crippen LogP contribution in [0.4, 0.5) is 0 Å². The maximum Gasteiger partial charge on any atom is 0.317 e. The van der Waals surface area contributed by atoms with Crippen molar-refractivity contribution in [1.82, 2.24) is 0 Å². The zero-order chi connectivity index (χ0) is 26.0. The predicted molar refractivity (Wildman–Crippen MR) is 141 cm³/mol. The summed E-state index contributed by atoms with van der Waals surface area (Å²) in [5, 5.41) is -1.05. The number of carbonyl (C=O) groups excluding carboxylic acids is 1. The zero-order valence-electron chi connectivity index (χ0n) is 22.4. The number of carbonyl (C=O) groups is 1. The lowest BCUT2D eigenvalue weighted by Gasteiger charge is -2.42. The van der Waals surface area contributed by atoms with Gasteiger partial charge >= 0.3 is 10.1 Å². The van der Waals surface area contributed by atoms with Crippen molar-refractivity contribution in [3.8, 4) is 5.75 Å². The van der Waals surface area contributed by atoms with Gasteiger partial charge in [0.15, 0.2) is 0 Å². The minimum atomic E-state index is -4.18. The smallest absolute Gasteiger partial charge is 0.317 e. The number of Topliss-reactive ketones (excluding diaryl/α,β-unsaturated/α-hetero) is 1. The molecule has 4 rings (SSSR count). The molecule has 2 bridgehead atoms. The third kappa shape index (κ3) is 4.24. The van der Waals surface area contributed by atoms with Crippen LogP contribution in [-0.4, -0.2) is 14.2 Å². The lowest BCUT2D eigenvalue weighted by atomic mass is 9.65. The molecule has 3 unspecified atom stereocenters. The molecule has 4 nitrogen and oxygen atoms in total. The molecule has 0 N–H and O–H groups in total. The van der Waals surface area contributed by atoms with E-state index < -0.39 is 26.2 Å². The van der Waals surface area contributed by atoms with Crippen molar-refractivity contribution in [3.63, 3.8) is 0 Å². The van der Waals surface area contributed by atoms with Crippen LogP contribution >= 0.6 is 0 Å². The fourth-order valence-corrected chi connectivity index (χ4v) is 8.39. The maximum atomic E-state index is 14.1. The highest BCUT2D eigenvalue weighted by Crippen LogP contribution is 2.70. The van der Waals surface area contributed by atoms with Gasteiger partial charge in [-0.3, -0.25) is 4.79 Å². The first-order valence-electron chi connectivity index (χ1n) is 12.7. The molecule has 3 atom stereocenters. The molecule has 2 aromatic rings. The standard InChI is InChI=1S/C30H40O4S/c1-27(2,3)21-11-9-20(10-12-21)26(30-18-17-23(19-25(30)31)29(30,7)8)35(32,33)34-24-15-13-22(14-16-24)28(4,5)6/h9-16,23,26H,17-19H2,1-8H3. The second-order valence-corrected chi connectivity index (χ2v) is 14.8. The average molecular weight is 497 g/mol. The minimum absolute atomic E-state index is 0.0488. The first-order valence-corrected chi connectivity index (χ1v) is 14.1. The summed E-state index contributed by atoms with van der Waals surface area (Å²) in [5.74, 6) is 0.537. The van der Waals surface area contributed by atoms with Gasteiger partial charge in [-0.15, -0.1) is 0 Å². The molecule has 0 amide bonds. The monoisotopic (exact) mass is 496 g/mol. The van der Waals surface area contributed by atoms with Crippen molar-refractivity contribution in [2.75, 3.05) is 0 Å². The van der Waals surface area contributed by atoms with Gasteiger partial charge in [0.05, 0.1) is 5.41 Å². The summed E-state index contributed by atoms with van der Waals surface area (Å²) in [6, 6.07) is 15.0. The van der Waals surface area contributed by atoms with Crippen LogP contribution in [0.5, 0.6) is 5.75 Å². The van der Waals surface area contributed by atoms with Crippen LogP contribution in [0.2, 0.25) is 0 Å². The fourth-order valence-electron chi connectivity index (χ4n) is 6.37. The molecule has 0 aromatic heterocycles. The zero-order valence-corrected chi connectivity index (χ0v) is 23.3. The second-order valence-electron chi connectivity index (χ2n) is 13.2. The highest BCUT2D eigenvalue weighted by molar-refractivity contribution is 7.87. The summed E-state index contributed by atoms with van der Waals surface area (Å²) in [5.41, 5.74) is 1.32. The van der Waals surface area contributed by atoms with Crippen molar-refractivity contribution >= 4 is 15.9 Å². The van der Waals surface area contributed by atoms with E-state index in [1.807, 2.05) is 36.4 Å². The van der Waals surface area contributed by atoms with Crippen molar-refractivity contribution in [1.29, 1.82) is 0 Å². The normalized spacial score (nSPS) is 25.0. The van der Waals surface area contributed by atoms with Gasteiger partial charge in [0.25, 0.3) is 0 Å². The molecule has 35 heavy (non-hydrogen) atoms. The van der Waals surface area contributed by atoms with Gasteiger partial charge in [-0.05, 0) is 63.8 Å². The molecule has 2 aromatic carbocycles. The molecule has 5 heteroatoms. The van der Waals surface area contributed by atoms with Gasteiger partial charge < -0.3 is 4.18 Å². The Bertz CT molecular complexity index is 1210. The van der Waals surface area contributed by atoms with E-state index >= 15 is 0 Å². The Morgan fingerprint density at radius 3 is 1.74 bits per heavy atom. The van der Waals surface area contributed by atoms with Crippen molar-refractivity contribution in [3.05, 3.63) is 65.2 Å². The van der Waals surface area contributed by atoms with E-state index in [2.05, 4.69) is 55.4 Å². The Morgan fingerprint density at radius 2 is 1.34 bits per heavy atom. The number of rotatable bonds is 5. The Kier molecular flexibility index (Phi) is 6.07. The van der Waals surface area contributed by atoms with Gasteiger partial charge in [-0.2, -0.15) is 8.42 Å². The summed E-state index contributed by atoms with van der Waals surface area (Å²) >= 11 is 0. The lowest BCUT2D eigenvalue weighted by Crippen LogP contribution is -2.45. The maximum absolute atomic E-state index is 14.1. The van der Waals surface area contributed by atoms with Gasteiger partial charge in [0, 0.05) is 6.42 Å². The molecule has 0 aliphatic heterocycles. The fraction of sp³-hybridized carbons (Fsp3) is 0.567. The van der Waals surface area contributed by atoms with E-state index in [0.717, 1.165) is 17.5 Å². The topological polar surface area (TPSA) is 60.4 Å². The highest BCUT2D eigenvalue weighted by atomic mass is 32.2. The van der Waals surface area contributed by atoms with Crippen LogP contribution in [-0.2, 0) is 25.7 Å². The molecule has 0 radical (unpaired) electrons. The lowest BCUT2D eigenvalue weighted by molar-refractivity contribution is -0.129. The Morgan fingerprint density at radius 1 is 0.857 bits per heavy atom. The van der Waals surface area contributed by atoms with Gasteiger partial charge in [0.2, 0.25) is 0 Å². The Balaban J connectivity index is 1.81. The third-order valence-electron chi connectivity index (χ3n) is 8.74. The van der Waals surface area contributed by atoms with E-state index in [1.54, 1.807) is 12.1 Å². The van der Waals surface area contributed by atoms with Crippen LogP contribution in [0.3, 0.4) is 0 Å². The molecule has 2 saturated carbocycles. The molecule has 2 aliphatic rings. The van der Waals surface area contributed by atoms with Gasteiger partial charge in [-0.25, -0.2) is 0 Å². The average Bonchev–Trinajstić information content (AvgIpc) is 3.08. The first kappa shape index (κ1) is 25.9. The molecule has 0 spiro atoms. The molecule has 0 heterocycles. The third-order valence-corrected chi connectivity index (χ3v) is 10.4. The van der Waals surface area contributed by atoms with Crippen LogP contribution in [0.15, 0.2) is 48.5 Å². The van der Waals surface area contributed by atoms with Gasteiger partial charge in [-0.1, -0.05) is 91.8 Å². The number of benzene rings is 2. The summed E-state index contributed by atoms with van der Waals surface area (Å²) in [7, 11) is -4.18. The summed E-state index contributed by atoms with van der Waals surface area (Å²) in [4.78, 5) is 13.5. The van der Waals surface area contributed by atoms with Crippen LogP contribution < -0.4 is 4.18 Å². The van der Waals surface area contributed by atoms with E-state index in [1.165, 1.54) is 0 Å². The van der Waals surface area contributed by atoms with Crippen LogP contribution in [0.25, 0.3) is 0 Å². The van der Waals surface area contributed by atoms with Gasteiger partial charge in [0.1, 0.15) is 16.8 Å². The molecule has 190 valence electrons. The Labute approximate surface area is 211 Å². The predicted octanol–water partition coefficient (Wildman–Crippen LogP) is 7.13. The first-order chi connectivity index (χ1) is 16.0. The number of hydrogen-bond donors (Lipinski definition) is 0. The molecular formula is C30H40O4S. The SMILES string of the molecule is CC(C)(C)c1ccc(OS(=O)(=O)C(c2ccc(C(C)(C)C)cc2)C23CCC(CC2=O)C3(C)C)cc1. The molecular weight excluding hydrogens is 456 g/mol. The van der Waals surface area contributed by atoms with Crippen molar-refractivity contribution in [2.45, 2.75) is 90.7 Å². The summed E-state index contributed by atoms with van der Waals surface area (Å²) in [6.07, 6.45) is 1.88. The van der Waals surface area contributed by atoms with E-state index in [-0.39, 0.29) is 28.3 Å². The molecule has 2 aliphatic carbocycles. The molecule has 2 fully saturated rings. The van der Waals surface area contributed by atoms with E-state index in [0.29, 0.717) is 18.4 Å². The highest BCUT2D eigenvalue weighted by Gasteiger charge is 2.70. The van der Waals surface area contributed by atoms with E-state index in [9.17, 15) is 13.2 Å². The van der Waals surface area contributed by atoms with E-state index in [4.69, 9.17) is 4.18 Å².